The average Bonchev–Trinajstić information content (AvgIpc) is 3.70. The summed E-state index contributed by atoms with van der Waals surface area (Å²) in [4.78, 5) is 17.5. The summed E-state index contributed by atoms with van der Waals surface area (Å²) >= 11 is 0. The van der Waals surface area contributed by atoms with E-state index in [0.29, 0.717) is 30.8 Å². The number of likely N-dealkylation sites (tertiary alicyclic amines) is 1. The van der Waals surface area contributed by atoms with E-state index in [1.54, 1.807) is 0 Å². The number of hydrogen-bond acceptors (Lipinski definition) is 8. The monoisotopic (exact) mass is 574 g/mol. The van der Waals surface area contributed by atoms with Crippen molar-refractivity contribution >= 4 is 22.9 Å². The molecule has 3 aromatic rings. The van der Waals surface area contributed by atoms with Crippen molar-refractivity contribution in [3.05, 3.63) is 42.2 Å². The van der Waals surface area contributed by atoms with E-state index in [-0.39, 0.29) is 0 Å². The number of ether oxygens (including phenoxy) is 1. The molecule has 0 bridgehead atoms. The van der Waals surface area contributed by atoms with E-state index in [2.05, 4.69) is 44.4 Å². The topological polar surface area (TPSA) is 106 Å². The molecule has 3 fully saturated rings. The number of aromatic nitrogens is 4. The molecule has 3 heterocycles. The second kappa shape index (κ2) is 14.6. The average molecular weight is 575 g/mol. The van der Waals surface area contributed by atoms with Gasteiger partial charge in [-0.15, -0.1) is 0 Å². The van der Waals surface area contributed by atoms with E-state index in [0.717, 1.165) is 87.6 Å². The van der Waals surface area contributed by atoms with Gasteiger partial charge in [0.15, 0.2) is 17.0 Å². The fraction of sp³-hybridized carbons (Fsp3) is 0.667. The van der Waals surface area contributed by atoms with Crippen LogP contribution in [0, 0.1) is 0 Å². The maximum atomic E-state index is 6.17. The SMILES string of the molecule is NC1CCC(Nc2nc(NC3CCN(CCCCCOCc4ccccc4)CC3)nc3c2ncn3C2CCCC2)CC1. The minimum absolute atomic E-state index is 0.331. The first-order valence-corrected chi connectivity index (χ1v) is 16.6. The van der Waals surface area contributed by atoms with Gasteiger partial charge in [-0.2, -0.15) is 9.97 Å². The summed E-state index contributed by atoms with van der Waals surface area (Å²) in [7, 11) is 0. The number of fused-ring (bicyclic) bond motifs is 1. The van der Waals surface area contributed by atoms with Crippen molar-refractivity contribution in [3.8, 4) is 0 Å². The third kappa shape index (κ3) is 7.79. The maximum Gasteiger partial charge on any atom is 0.227 e. The number of nitrogens with two attached hydrogens (primary N) is 1. The van der Waals surface area contributed by atoms with Crippen molar-refractivity contribution in [1.29, 1.82) is 0 Å². The molecule has 6 rings (SSSR count). The van der Waals surface area contributed by atoms with Crippen LogP contribution in [0.3, 0.4) is 0 Å². The molecular weight excluding hydrogens is 524 g/mol. The number of hydrogen-bond donors (Lipinski definition) is 3. The quantitative estimate of drug-likeness (QED) is 0.217. The van der Waals surface area contributed by atoms with Gasteiger partial charge in [0.25, 0.3) is 0 Å². The first-order valence-electron chi connectivity index (χ1n) is 16.6. The number of benzene rings is 1. The number of nitrogens with one attached hydrogen (secondary N) is 2. The highest BCUT2D eigenvalue weighted by atomic mass is 16.5. The Hall–Kier alpha value is -2.75. The van der Waals surface area contributed by atoms with Crippen LogP contribution < -0.4 is 16.4 Å². The zero-order valence-corrected chi connectivity index (χ0v) is 25.2. The molecule has 3 aliphatic rings. The summed E-state index contributed by atoms with van der Waals surface area (Å²) in [5.74, 6) is 1.62. The smallest absolute Gasteiger partial charge is 0.227 e. The Morgan fingerprint density at radius 2 is 1.60 bits per heavy atom. The van der Waals surface area contributed by atoms with Gasteiger partial charge < -0.3 is 30.6 Å². The number of nitrogens with zero attached hydrogens (tertiary/aromatic N) is 5. The number of rotatable bonds is 13. The standard InChI is InChI=1S/C33H50N8O/c34-26-13-15-27(16-14-26)36-31-30-32(41(24-35-30)29-11-5-6-12-29)39-33(38-31)37-28-17-20-40(21-18-28)19-7-2-8-22-42-23-25-9-3-1-4-10-25/h1,3-4,9-10,24,26-29H,2,5-8,11-23,34H2,(H2,36,37,38,39). The third-order valence-corrected chi connectivity index (χ3v) is 9.55. The lowest BCUT2D eigenvalue weighted by Crippen LogP contribution is -2.39. The van der Waals surface area contributed by atoms with E-state index in [1.165, 1.54) is 50.6 Å². The Balaban J connectivity index is 0.990. The molecule has 0 amide bonds. The highest BCUT2D eigenvalue weighted by molar-refractivity contribution is 5.84. The molecular formula is C33H50N8O. The molecule has 1 saturated heterocycles. The first-order chi connectivity index (χ1) is 20.7. The van der Waals surface area contributed by atoms with Crippen LogP contribution in [0.5, 0.6) is 0 Å². The van der Waals surface area contributed by atoms with E-state index < -0.39 is 0 Å². The first kappa shape index (κ1) is 29.3. The highest BCUT2D eigenvalue weighted by Crippen LogP contribution is 2.34. The maximum absolute atomic E-state index is 6.17. The van der Waals surface area contributed by atoms with Gasteiger partial charge in [0.1, 0.15) is 0 Å². The molecule has 4 N–H and O–H groups in total. The van der Waals surface area contributed by atoms with Crippen LogP contribution in [0.2, 0.25) is 0 Å². The van der Waals surface area contributed by atoms with Crippen LogP contribution in [0.25, 0.3) is 11.2 Å². The van der Waals surface area contributed by atoms with Gasteiger partial charge in [-0.3, -0.25) is 0 Å². The molecule has 0 unspecified atom stereocenters. The van der Waals surface area contributed by atoms with Gasteiger partial charge in [-0.25, -0.2) is 4.98 Å². The van der Waals surface area contributed by atoms with E-state index in [1.807, 2.05) is 12.4 Å². The molecule has 1 aliphatic heterocycles. The van der Waals surface area contributed by atoms with Crippen LogP contribution in [-0.2, 0) is 11.3 Å². The van der Waals surface area contributed by atoms with Gasteiger partial charge in [0.05, 0.1) is 12.9 Å². The van der Waals surface area contributed by atoms with Crippen molar-refractivity contribution in [2.75, 3.05) is 36.9 Å². The zero-order chi connectivity index (χ0) is 28.6. The Morgan fingerprint density at radius 1 is 0.833 bits per heavy atom. The van der Waals surface area contributed by atoms with E-state index in [9.17, 15) is 0 Å². The molecule has 9 heteroatoms. The van der Waals surface area contributed by atoms with Gasteiger partial charge >= 0.3 is 0 Å². The Kier molecular flexibility index (Phi) is 10.2. The number of piperidine rings is 1. The summed E-state index contributed by atoms with van der Waals surface area (Å²) in [5.41, 5.74) is 9.30. The molecule has 42 heavy (non-hydrogen) atoms. The van der Waals surface area contributed by atoms with Crippen LogP contribution in [0.15, 0.2) is 36.7 Å². The lowest BCUT2D eigenvalue weighted by Gasteiger charge is -2.32. The van der Waals surface area contributed by atoms with Crippen molar-refractivity contribution in [3.63, 3.8) is 0 Å². The molecule has 2 saturated carbocycles. The second-order valence-electron chi connectivity index (χ2n) is 12.8. The molecule has 0 atom stereocenters. The molecule has 9 nitrogen and oxygen atoms in total. The summed E-state index contributed by atoms with van der Waals surface area (Å²) in [6.45, 7) is 4.98. The minimum Gasteiger partial charge on any atom is -0.377 e. The minimum atomic E-state index is 0.331. The van der Waals surface area contributed by atoms with Gasteiger partial charge in [0, 0.05) is 43.9 Å². The van der Waals surface area contributed by atoms with Crippen LogP contribution >= 0.6 is 0 Å². The van der Waals surface area contributed by atoms with Crippen molar-refractivity contribution in [2.45, 2.75) is 114 Å². The third-order valence-electron chi connectivity index (χ3n) is 9.55. The van der Waals surface area contributed by atoms with Crippen molar-refractivity contribution in [2.24, 2.45) is 5.73 Å². The van der Waals surface area contributed by atoms with Crippen LogP contribution in [0.4, 0.5) is 11.8 Å². The van der Waals surface area contributed by atoms with Crippen LogP contribution in [-0.4, -0.2) is 68.8 Å². The molecule has 0 radical (unpaired) electrons. The summed E-state index contributed by atoms with van der Waals surface area (Å²) in [6, 6.07) is 12.1. The van der Waals surface area contributed by atoms with Crippen molar-refractivity contribution in [1.82, 2.24) is 24.4 Å². The number of imidazole rings is 1. The Labute approximate surface area is 251 Å². The van der Waals surface area contributed by atoms with Gasteiger partial charge in [-0.05, 0) is 82.7 Å². The predicted octanol–water partition coefficient (Wildman–Crippen LogP) is 5.89. The second-order valence-corrected chi connectivity index (χ2v) is 12.8. The molecule has 228 valence electrons. The van der Waals surface area contributed by atoms with Crippen molar-refractivity contribution < 1.29 is 4.74 Å². The van der Waals surface area contributed by atoms with E-state index >= 15 is 0 Å². The summed E-state index contributed by atoms with van der Waals surface area (Å²) < 4.78 is 8.16. The zero-order valence-electron chi connectivity index (χ0n) is 25.2. The van der Waals surface area contributed by atoms with Crippen LogP contribution in [0.1, 0.15) is 95.1 Å². The number of anilines is 2. The summed E-state index contributed by atoms with van der Waals surface area (Å²) in [5, 5.41) is 7.47. The fourth-order valence-electron chi connectivity index (χ4n) is 6.95. The summed E-state index contributed by atoms with van der Waals surface area (Å²) in [6.07, 6.45) is 17.1. The number of unbranched alkanes of at least 4 members (excludes halogenated alkanes) is 2. The van der Waals surface area contributed by atoms with Gasteiger partial charge in [-0.1, -0.05) is 43.2 Å². The fourth-order valence-corrected chi connectivity index (χ4v) is 6.95. The van der Waals surface area contributed by atoms with E-state index in [4.69, 9.17) is 25.4 Å². The predicted molar refractivity (Wildman–Crippen MR) is 170 cm³/mol. The molecule has 0 spiro atoms. The largest absolute Gasteiger partial charge is 0.377 e. The lowest BCUT2D eigenvalue weighted by molar-refractivity contribution is 0.115. The van der Waals surface area contributed by atoms with Gasteiger partial charge in [0.2, 0.25) is 5.95 Å². The highest BCUT2D eigenvalue weighted by Gasteiger charge is 2.26. The lowest BCUT2D eigenvalue weighted by atomic mass is 9.92. The molecule has 2 aromatic heterocycles. The normalized spacial score (nSPS) is 22.6. The Bertz CT molecular complexity index is 1230. The molecule has 2 aliphatic carbocycles. The molecule has 1 aromatic carbocycles. The Morgan fingerprint density at radius 3 is 2.38 bits per heavy atom.